The Bertz CT molecular complexity index is 852. The summed E-state index contributed by atoms with van der Waals surface area (Å²) in [6.07, 6.45) is 3.84. The molecule has 2 aliphatic heterocycles. The van der Waals surface area contributed by atoms with Crippen molar-refractivity contribution >= 4 is 5.97 Å². The molecule has 0 radical (unpaired) electrons. The van der Waals surface area contributed by atoms with E-state index in [2.05, 4.69) is 6.92 Å². The Morgan fingerprint density at radius 1 is 1.25 bits per heavy atom. The van der Waals surface area contributed by atoms with E-state index >= 15 is 0 Å². The van der Waals surface area contributed by atoms with Gasteiger partial charge in [0.1, 0.15) is 11.4 Å². The van der Waals surface area contributed by atoms with Crippen molar-refractivity contribution in [2.45, 2.75) is 64.1 Å². The number of methoxy groups -OCH3 is 1. The first-order valence-electron chi connectivity index (χ1n) is 11.3. The van der Waals surface area contributed by atoms with Crippen molar-refractivity contribution in [1.82, 2.24) is 0 Å². The van der Waals surface area contributed by atoms with E-state index in [0.717, 1.165) is 17.7 Å². The third kappa shape index (κ3) is 3.96. The van der Waals surface area contributed by atoms with E-state index in [1.165, 1.54) is 6.92 Å². The zero-order chi connectivity index (χ0) is 23.1. The maximum Gasteiger partial charge on any atom is 0.302 e. The SMILES string of the molecule is COc1ccc(CO[C@H]2C[C@H]3[C@@H]([C@H]2C)[C@@H](O)[C@@]2([C@@H](C)COC(C)=O)C=C[C@]3(C)OO2)cc1. The second-order valence-corrected chi connectivity index (χ2v) is 9.66. The summed E-state index contributed by atoms with van der Waals surface area (Å²) in [5.41, 5.74) is -0.656. The molecule has 2 fully saturated rings. The Kier molecular flexibility index (Phi) is 6.38. The third-order valence-corrected chi connectivity index (χ3v) is 7.68. The number of hydrogen-bond donors (Lipinski definition) is 1. The molecular weight excluding hydrogens is 412 g/mol. The number of benzene rings is 1. The van der Waals surface area contributed by atoms with Crippen LogP contribution in [0.3, 0.4) is 0 Å². The van der Waals surface area contributed by atoms with Gasteiger partial charge in [0.25, 0.3) is 0 Å². The van der Waals surface area contributed by atoms with Crippen LogP contribution in [0.1, 0.15) is 39.7 Å². The van der Waals surface area contributed by atoms with Gasteiger partial charge >= 0.3 is 5.97 Å². The molecule has 0 aromatic heterocycles. The highest BCUT2D eigenvalue weighted by atomic mass is 17.2. The summed E-state index contributed by atoms with van der Waals surface area (Å²) in [5.74, 6) is 0.217. The van der Waals surface area contributed by atoms with Gasteiger partial charge in [0.2, 0.25) is 0 Å². The number of esters is 1. The van der Waals surface area contributed by atoms with E-state index in [-0.39, 0.29) is 42.4 Å². The van der Waals surface area contributed by atoms with Gasteiger partial charge < -0.3 is 19.3 Å². The second-order valence-electron chi connectivity index (χ2n) is 9.66. The van der Waals surface area contributed by atoms with E-state index in [4.69, 9.17) is 24.0 Å². The zero-order valence-electron chi connectivity index (χ0n) is 19.4. The highest BCUT2D eigenvalue weighted by Crippen LogP contribution is 2.56. The smallest absolute Gasteiger partial charge is 0.302 e. The molecule has 32 heavy (non-hydrogen) atoms. The van der Waals surface area contributed by atoms with Gasteiger partial charge in [-0.25, -0.2) is 9.78 Å². The molecule has 1 saturated carbocycles. The number of aliphatic hydroxyl groups is 1. The minimum atomic E-state index is -1.08. The number of ether oxygens (including phenoxy) is 3. The largest absolute Gasteiger partial charge is 0.497 e. The van der Waals surface area contributed by atoms with Crippen molar-refractivity contribution in [3.63, 3.8) is 0 Å². The molecule has 2 heterocycles. The normalized spacial score (nSPS) is 38.8. The van der Waals surface area contributed by atoms with Crippen molar-refractivity contribution in [3.05, 3.63) is 42.0 Å². The molecule has 1 aromatic rings. The molecule has 2 bridgehead atoms. The Labute approximate surface area is 189 Å². The molecular formula is C25H34O7. The Balaban J connectivity index is 1.52. The van der Waals surface area contributed by atoms with Crippen LogP contribution in [0.4, 0.5) is 0 Å². The van der Waals surface area contributed by atoms with Gasteiger partial charge in [-0.3, -0.25) is 4.79 Å². The van der Waals surface area contributed by atoms with Gasteiger partial charge in [-0.2, -0.15) is 0 Å². The van der Waals surface area contributed by atoms with Crippen LogP contribution in [-0.4, -0.2) is 48.2 Å². The van der Waals surface area contributed by atoms with Crippen molar-refractivity contribution in [2.75, 3.05) is 13.7 Å². The fourth-order valence-electron chi connectivity index (χ4n) is 5.56. The number of rotatable bonds is 7. The molecule has 8 atom stereocenters. The lowest BCUT2D eigenvalue weighted by atomic mass is 9.72. The van der Waals surface area contributed by atoms with Crippen LogP contribution < -0.4 is 4.74 Å². The molecule has 1 aromatic carbocycles. The lowest BCUT2D eigenvalue weighted by molar-refractivity contribution is -0.414. The Morgan fingerprint density at radius 3 is 2.56 bits per heavy atom. The van der Waals surface area contributed by atoms with Gasteiger partial charge in [0.15, 0.2) is 5.60 Å². The minimum Gasteiger partial charge on any atom is -0.497 e. The van der Waals surface area contributed by atoms with Crippen LogP contribution in [0.2, 0.25) is 0 Å². The van der Waals surface area contributed by atoms with Crippen LogP contribution in [0.15, 0.2) is 36.4 Å². The van der Waals surface area contributed by atoms with Gasteiger partial charge in [-0.05, 0) is 49.0 Å². The molecule has 4 aliphatic rings. The molecule has 1 saturated heterocycles. The predicted molar refractivity (Wildman–Crippen MR) is 117 cm³/mol. The molecule has 2 aliphatic carbocycles. The summed E-state index contributed by atoms with van der Waals surface area (Å²) < 4.78 is 16.8. The highest BCUT2D eigenvalue weighted by Gasteiger charge is 2.63. The highest BCUT2D eigenvalue weighted by molar-refractivity contribution is 5.65. The first-order valence-corrected chi connectivity index (χ1v) is 11.3. The van der Waals surface area contributed by atoms with Gasteiger partial charge in [-0.15, -0.1) is 0 Å². The number of aliphatic hydroxyl groups excluding tert-OH is 1. The number of hydrogen-bond acceptors (Lipinski definition) is 7. The average molecular weight is 447 g/mol. The molecule has 176 valence electrons. The van der Waals surface area contributed by atoms with E-state index in [0.29, 0.717) is 6.61 Å². The summed E-state index contributed by atoms with van der Waals surface area (Å²) in [4.78, 5) is 23.2. The maximum atomic E-state index is 11.6. The summed E-state index contributed by atoms with van der Waals surface area (Å²) >= 11 is 0. The van der Waals surface area contributed by atoms with Crippen LogP contribution in [0.5, 0.6) is 5.75 Å². The number of carbonyl (C=O) groups is 1. The van der Waals surface area contributed by atoms with Crippen LogP contribution in [0, 0.1) is 23.7 Å². The molecule has 0 unspecified atom stereocenters. The van der Waals surface area contributed by atoms with Crippen LogP contribution in [-0.2, 0) is 30.7 Å². The van der Waals surface area contributed by atoms with Gasteiger partial charge in [-0.1, -0.05) is 32.1 Å². The molecule has 1 N–H and O–H groups in total. The molecule has 0 amide bonds. The monoisotopic (exact) mass is 446 g/mol. The average Bonchev–Trinajstić information content (AvgIpc) is 3.05. The van der Waals surface area contributed by atoms with Crippen molar-refractivity contribution < 1.29 is 33.9 Å². The lowest BCUT2D eigenvalue weighted by Gasteiger charge is -2.42. The fraction of sp³-hybridized carbons (Fsp3) is 0.640. The molecule has 7 nitrogen and oxygen atoms in total. The fourth-order valence-corrected chi connectivity index (χ4v) is 5.56. The van der Waals surface area contributed by atoms with Gasteiger partial charge in [0.05, 0.1) is 32.5 Å². The van der Waals surface area contributed by atoms with Crippen LogP contribution >= 0.6 is 0 Å². The number of fused-ring (bicyclic) bond motifs is 1. The summed E-state index contributed by atoms with van der Waals surface area (Å²) in [6, 6.07) is 7.85. The zero-order valence-corrected chi connectivity index (χ0v) is 19.4. The first-order chi connectivity index (χ1) is 15.2. The molecule has 5 rings (SSSR count). The Hall–Kier alpha value is -1.93. The minimum absolute atomic E-state index is 0.0178. The van der Waals surface area contributed by atoms with Crippen LogP contribution in [0.25, 0.3) is 0 Å². The van der Waals surface area contributed by atoms with Gasteiger partial charge in [0, 0.05) is 18.8 Å². The standard InChI is InChI=1S/C25H34O7/c1-15(13-29-17(3)26)25-11-10-24(4,31-32-25)20-12-21(16(2)22(20)23(25)27)30-14-18-6-8-19(28-5)9-7-18/h6-11,15-16,20-23,27H,12-14H2,1-5H3/t15-,16-,20-,21-,22+,23+,24-,25-/m0/s1. The summed E-state index contributed by atoms with van der Waals surface area (Å²) in [5, 5.41) is 11.6. The lowest BCUT2D eigenvalue weighted by Crippen LogP contribution is -2.54. The van der Waals surface area contributed by atoms with E-state index in [1.807, 2.05) is 50.3 Å². The van der Waals surface area contributed by atoms with Crippen molar-refractivity contribution in [2.24, 2.45) is 23.7 Å². The topological polar surface area (TPSA) is 83.5 Å². The van der Waals surface area contributed by atoms with E-state index in [1.54, 1.807) is 7.11 Å². The Morgan fingerprint density at radius 2 is 1.97 bits per heavy atom. The predicted octanol–water partition coefficient (Wildman–Crippen LogP) is 3.44. The second kappa shape index (κ2) is 8.78. The molecule has 7 heteroatoms. The first kappa shape index (κ1) is 23.2. The van der Waals surface area contributed by atoms with Crippen molar-refractivity contribution in [3.8, 4) is 5.75 Å². The quantitative estimate of drug-likeness (QED) is 0.390. The maximum absolute atomic E-state index is 11.6. The molecule has 0 spiro atoms. The number of carbonyl (C=O) groups excluding carboxylic acids is 1. The van der Waals surface area contributed by atoms with E-state index in [9.17, 15) is 9.90 Å². The summed E-state index contributed by atoms with van der Waals surface area (Å²) in [7, 11) is 1.65. The third-order valence-electron chi connectivity index (χ3n) is 7.68. The summed E-state index contributed by atoms with van der Waals surface area (Å²) in [6.45, 7) is 8.04. The van der Waals surface area contributed by atoms with Crippen molar-refractivity contribution in [1.29, 1.82) is 0 Å². The van der Waals surface area contributed by atoms with E-state index < -0.39 is 17.3 Å².